The standard InChI is InChI=1S/2C8H17NO3.ClH.Zn/c2*1-5(2)3-6(9)7(10)4-8(11)12;;/h2*5-7,10H,3-4,9H2,1-2H3,(H,11,12);1H;/t2*6-,7-;;/m00../s1. The number of rotatable bonds is 10. The number of halogens is 1. The van der Waals surface area contributed by atoms with E-state index < -0.39 is 36.2 Å². The van der Waals surface area contributed by atoms with Crippen LogP contribution in [0.2, 0.25) is 0 Å². The molecule has 0 saturated carbocycles. The van der Waals surface area contributed by atoms with E-state index in [9.17, 15) is 19.8 Å². The zero-order valence-corrected chi connectivity index (χ0v) is 20.0. The van der Waals surface area contributed by atoms with Gasteiger partial charge in [-0.15, -0.1) is 12.4 Å². The summed E-state index contributed by atoms with van der Waals surface area (Å²) in [6.07, 6.45) is -1.10. The number of carboxylic acids is 2. The third kappa shape index (κ3) is 21.7. The van der Waals surface area contributed by atoms with Gasteiger partial charge in [0, 0.05) is 31.6 Å². The van der Waals surface area contributed by atoms with Crippen molar-refractivity contribution in [3.05, 3.63) is 0 Å². The smallest absolute Gasteiger partial charge is 0.306 e. The molecular formula is C16H35ClN2O6Zn. The van der Waals surface area contributed by atoms with Crippen LogP contribution in [0.4, 0.5) is 0 Å². The molecule has 0 aromatic rings. The molecule has 8 N–H and O–H groups in total. The van der Waals surface area contributed by atoms with Crippen LogP contribution in [0, 0.1) is 11.8 Å². The van der Waals surface area contributed by atoms with Crippen LogP contribution >= 0.6 is 12.4 Å². The Morgan fingerprint density at radius 2 is 1.00 bits per heavy atom. The molecule has 0 rings (SSSR count). The zero-order valence-electron chi connectivity index (χ0n) is 16.2. The summed E-state index contributed by atoms with van der Waals surface area (Å²) >= 11 is 0. The maximum atomic E-state index is 10.2. The van der Waals surface area contributed by atoms with Gasteiger partial charge in [-0.25, -0.2) is 0 Å². The van der Waals surface area contributed by atoms with Gasteiger partial charge in [0.05, 0.1) is 25.0 Å². The Kier molecular flexibility index (Phi) is 23.1. The minimum absolute atomic E-state index is 0. The number of hydrogen-bond acceptors (Lipinski definition) is 6. The Bertz CT molecular complexity index is 341. The second-order valence-corrected chi connectivity index (χ2v) is 6.92. The van der Waals surface area contributed by atoms with E-state index in [-0.39, 0.29) is 44.7 Å². The molecular weight excluding hydrogens is 417 g/mol. The van der Waals surface area contributed by atoms with E-state index in [0.29, 0.717) is 24.7 Å². The molecule has 4 atom stereocenters. The van der Waals surface area contributed by atoms with Gasteiger partial charge < -0.3 is 31.9 Å². The first-order valence-corrected chi connectivity index (χ1v) is 8.17. The average Bonchev–Trinajstić information content (AvgIpc) is 2.36. The molecule has 0 heterocycles. The van der Waals surface area contributed by atoms with Crippen LogP contribution in [0.5, 0.6) is 0 Å². The fourth-order valence-electron chi connectivity index (χ4n) is 2.06. The molecule has 26 heavy (non-hydrogen) atoms. The van der Waals surface area contributed by atoms with E-state index in [1.807, 2.05) is 27.7 Å². The Balaban J connectivity index is -0.000000173. The van der Waals surface area contributed by atoms with Gasteiger partial charge in [-0.1, -0.05) is 27.7 Å². The van der Waals surface area contributed by atoms with Crippen molar-refractivity contribution < 1.29 is 49.5 Å². The normalized spacial score (nSPS) is 14.8. The summed E-state index contributed by atoms with van der Waals surface area (Å²) in [4.78, 5) is 20.4. The van der Waals surface area contributed by atoms with Crippen LogP contribution in [0.1, 0.15) is 53.4 Å². The first-order chi connectivity index (χ1) is 10.9. The molecule has 0 bridgehead atoms. The van der Waals surface area contributed by atoms with Gasteiger partial charge in [-0.05, 0) is 24.7 Å². The first-order valence-electron chi connectivity index (χ1n) is 8.17. The second kappa shape index (κ2) is 18.1. The van der Waals surface area contributed by atoms with Crippen LogP contribution in [0.15, 0.2) is 0 Å². The quantitative estimate of drug-likeness (QED) is 0.265. The first kappa shape index (κ1) is 33.3. The summed E-state index contributed by atoms with van der Waals surface area (Å²) in [5.74, 6) is -1.27. The second-order valence-electron chi connectivity index (χ2n) is 6.92. The maximum Gasteiger partial charge on any atom is 0.306 e. The molecule has 8 nitrogen and oxygen atoms in total. The number of carbonyl (C=O) groups is 2. The number of aliphatic hydroxyl groups excluding tert-OH is 2. The maximum absolute atomic E-state index is 10.2. The minimum atomic E-state index is -1.01. The third-order valence-corrected chi connectivity index (χ3v) is 3.24. The Morgan fingerprint density at radius 1 is 0.769 bits per heavy atom. The van der Waals surface area contributed by atoms with Gasteiger partial charge in [0.1, 0.15) is 0 Å². The molecule has 154 valence electrons. The van der Waals surface area contributed by atoms with E-state index in [4.69, 9.17) is 21.7 Å². The van der Waals surface area contributed by atoms with Gasteiger partial charge in [-0.3, -0.25) is 9.59 Å². The molecule has 0 saturated heterocycles. The molecule has 10 heteroatoms. The van der Waals surface area contributed by atoms with Crippen molar-refractivity contribution >= 4 is 24.3 Å². The Labute approximate surface area is 174 Å². The number of nitrogens with two attached hydrogens (primary N) is 2. The van der Waals surface area contributed by atoms with Gasteiger partial charge in [0.25, 0.3) is 0 Å². The molecule has 0 aromatic carbocycles. The van der Waals surface area contributed by atoms with Crippen LogP contribution in [-0.4, -0.2) is 56.7 Å². The van der Waals surface area contributed by atoms with Crippen LogP contribution < -0.4 is 11.5 Å². The molecule has 0 aliphatic heterocycles. The van der Waals surface area contributed by atoms with Crippen LogP contribution in [0.25, 0.3) is 0 Å². The Hall–Kier alpha value is -0.307. The molecule has 0 amide bonds. The summed E-state index contributed by atoms with van der Waals surface area (Å²) in [6, 6.07) is -0.859. The van der Waals surface area contributed by atoms with Crippen LogP contribution in [0.3, 0.4) is 0 Å². The Morgan fingerprint density at radius 3 is 1.15 bits per heavy atom. The van der Waals surface area contributed by atoms with Crippen molar-refractivity contribution in [3.8, 4) is 0 Å². The van der Waals surface area contributed by atoms with E-state index >= 15 is 0 Å². The summed E-state index contributed by atoms with van der Waals surface area (Å²) in [6.45, 7) is 7.92. The third-order valence-electron chi connectivity index (χ3n) is 3.24. The molecule has 0 fully saturated rings. The van der Waals surface area contributed by atoms with E-state index in [1.165, 1.54) is 0 Å². The summed E-state index contributed by atoms with van der Waals surface area (Å²) < 4.78 is 0. The monoisotopic (exact) mass is 450 g/mol. The topological polar surface area (TPSA) is 167 Å². The number of aliphatic hydroxyl groups is 2. The fraction of sp³-hybridized carbons (Fsp3) is 0.875. The zero-order chi connectivity index (χ0) is 19.4. The summed E-state index contributed by atoms with van der Waals surface area (Å²) in [7, 11) is 0. The predicted octanol–water partition coefficient (Wildman–Crippen LogP) is 0.810. The van der Waals surface area contributed by atoms with E-state index in [0.717, 1.165) is 0 Å². The van der Waals surface area contributed by atoms with Crippen molar-refractivity contribution in [2.45, 2.75) is 77.7 Å². The SMILES string of the molecule is CC(C)C[C@H](N)[C@@H](O)CC(=O)O.CC(C)C[C@H](N)[C@@H](O)CC(=O)O.Cl.[Zn]. The molecule has 0 radical (unpaired) electrons. The molecule has 0 aliphatic rings. The molecule has 0 aromatic heterocycles. The fourth-order valence-corrected chi connectivity index (χ4v) is 2.06. The number of aliphatic carboxylic acids is 2. The minimum Gasteiger partial charge on any atom is -0.481 e. The van der Waals surface area contributed by atoms with E-state index in [1.54, 1.807) is 0 Å². The number of hydrogen-bond donors (Lipinski definition) is 6. The molecule has 0 aliphatic carbocycles. The van der Waals surface area contributed by atoms with Gasteiger partial charge in [0.2, 0.25) is 0 Å². The average molecular weight is 452 g/mol. The van der Waals surface area contributed by atoms with Crippen LogP contribution in [-0.2, 0) is 29.1 Å². The van der Waals surface area contributed by atoms with Gasteiger partial charge >= 0.3 is 11.9 Å². The van der Waals surface area contributed by atoms with Gasteiger partial charge in [0.15, 0.2) is 0 Å². The molecule has 0 spiro atoms. The van der Waals surface area contributed by atoms with Gasteiger partial charge in [-0.2, -0.15) is 0 Å². The predicted molar refractivity (Wildman–Crippen MR) is 98.6 cm³/mol. The van der Waals surface area contributed by atoms with Crippen molar-refractivity contribution in [1.29, 1.82) is 0 Å². The van der Waals surface area contributed by atoms with Crippen molar-refractivity contribution in [2.75, 3.05) is 0 Å². The summed E-state index contributed by atoms with van der Waals surface area (Å²) in [5.41, 5.74) is 11.1. The van der Waals surface area contributed by atoms with Crippen molar-refractivity contribution in [3.63, 3.8) is 0 Å². The largest absolute Gasteiger partial charge is 0.481 e. The van der Waals surface area contributed by atoms with E-state index in [2.05, 4.69) is 0 Å². The van der Waals surface area contributed by atoms with Crippen molar-refractivity contribution in [2.24, 2.45) is 23.3 Å². The summed E-state index contributed by atoms with van der Waals surface area (Å²) in [5, 5.41) is 35.2. The van der Waals surface area contributed by atoms with Crippen molar-refractivity contribution in [1.82, 2.24) is 0 Å². The molecule has 0 unspecified atom stereocenters. The number of carboxylic acid groups (broad SMARTS) is 2.